The van der Waals surface area contributed by atoms with Crippen LogP contribution in [0.3, 0.4) is 0 Å². The van der Waals surface area contributed by atoms with Gasteiger partial charge in [0.1, 0.15) is 0 Å². The zero-order valence-corrected chi connectivity index (χ0v) is 13.7. The lowest BCUT2D eigenvalue weighted by atomic mass is 10.1. The van der Waals surface area contributed by atoms with Crippen LogP contribution in [-0.4, -0.2) is 39.6 Å². The van der Waals surface area contributed by atoms with Gasteiger partial charge in [-0.2, -0.15) is 5.10 Å². The summed E-state index contributed by atoms with van der Waals surface area (Å²) < 4.78 is 7.10. The number of ether oxygens (including phenoxy) is 1. The number of rotatable bonds is 4. The van der Waals surface area contributed by atoms with E-state index in [4.69, 9.17) is 4.74 Å². The molecule has 0 radical (unpaired) electrons. The molecule has 0 N–H and O–H groups in total. The van der Waals surface area contributed by atoms with Crippen LogP contribution in [0.25, 0.3) is 0 Å². The van der Waals surface area contributed by atoms with E-state index in [9.17, 15) is 9.59 Å². The van der Waals surface area contributed by atoms with E-state index >= 15 is 0 Å². The molecule has 0 saturated carbocycles. The van der Waals surface area contributed by atoms with Crippen molar-refractivity contribution in [2.75, 3.05) is 13.1 Å². The number of aromatic nitrogens is 2. The lowest BCUT2D eigenvalue weighted by Gasteiger charge is -2.30. The fourth-order valence-electron chi connectivity index (χ4n) is 2.87. The van der Waals surface area contributed by atoms with Crippen LogP contribution in [0.15, 0.2) is 42.7 Å². The molecular weight excluding hydrogens is 306 g/mol. The molecule has 2 heterocycles. The molecule has 0 bridgehead atoms. The Labute approximate surface area is 141 Å². The molecule has 1 atom stereocenters. The van der Waals surface area contributed by atoms with Crippen molar-refractivity contribution in [1.82, 2.24) is 14.7 Å². The van der Waals surface area contributed by atoms with Crippen molar-refractivity contribution >= 4 is 11.9 Å². The van der Waals surface area contributed by atoms with Crippen molar-refractivity contribution < 1.29 is 14.3 Å². The third kappa shape index (κ3) is 3.64. The van der Waals surface area contributed by atoms with E-state index in [2.05, 4.69) is 5.10 Å². The van der Waals surface area contributed by atoms with Gasteiger partial charge in [0, 0.05) is 31.9 Å². The standard InChI is InChI=1S/C18H21N3O3/c1-20-13-15(12-19-20)18(23)24-16(14-8-4-2-5-9-14)17(22)21-10-6-3-7-11-21/h2,4-5,8-9,12-13,16H,3,6-7,10-11H2,1H3. The van der Waals surface area contributed by atoms with Crippen LogP contribution in [0.4, 0.5) is 0 Å². The van der Waals surface area contributed by atoms with Crippen LogP contribution >= 0.6 is 0 Å². The number of aryl methyl sites for hydroxylation is 1. The summed E-state index contributed by atoms with van der Waals surface area (Å²) >= 11 is 0. The van der Waals surface area contributed by atoms with Gasteiger partial charge in [0.15, 0.2) is 0 Å². The fourth-order valence-corrected chi connectivity index (χ4v) is 2.87. The van der Waals surface area contributed by atoms with Gasteiger partial charge in [-0.1, -0.05) is 30.3 Å². The minimum Gasteiger partial charge on any atom is -0.444 e. The summed E-state index contributed by atoms with van der Waals surface area (Å²) in [5.41, 5.74) is 1.02. The summed E-state index contributed by atoms with van der Waals surface area (Å²) in [5.74, 6) is -0.694. The highest BCUT2D eigenvalue weighted by Crippen LogP contribution is 2.23. The molecule has 1 aromatic carbocycles. The van der Waals surface area contributed by atoms with Crippen molar-refractivity contribution in [3.8, 4) is 0 Å². The van der Waals surface area contributed by atoms with Gasteiger partial charge in [-0.25, -0.2) is 4.79 Å². The number of hydrogen-bond acceptors (Lipinski definition) is 4. The van der Waals surface area contributed by atoms with E-state index in [1.54, 1.807) is 18.1 Å². The first-order chi connectivity index (χ1) is 11.6. The van der Waals surface area contributed by atoms with Gasteiger partial charge in [0.05, 0.1) is 11.8 Å². The van der Waals surface area contributed by atoms with Crippen LogP contribution in [-0.2, 0) is 16.6 Å². The summed E-state index contributed by atoms with van der Waals surface area (Å²) in [6.45, 7) is 1.43. The maximum atomic E-state index is 12.9. The van der Waals surface area contributed by atoms with Crippen LogP contribution in [0.5, 0.6) is 0 Å². The zero-order chi connectivity index (χ0) is 16.9. The molecule has 24 heavy (non-hydrogen) atoms. The number of likely N-dealkylation sites (tertiary alicyclic amines) is 1. The molecule has 0 spiro atoms. The average Bonchev–Trinajstić information content (AvgIpc) is 3.07. The molecule has 6 heteroatoms. The van der Waals surface area contributed by atoms with E-state index in [-0.39, 0.29) is 5.91 Å². The number of amides is 1. The minimum atomic E-state index is -0.919. The van der Waals surface area contributed by atoms with Crippen molar-refractivity contribution in [2.45, 2.75) is 25.4 Å². The number of esters is 1. The number of carbonyl (C=O) groups excluding carboxylic acids is 2. The second-order valence-electron chi connectivity index (χ2n) is 5.98. The van der Waals surface area contributed by atoms with Crippen molar-refractivity contribution in [2.24, 2.45) is 7.05 Å². The van der Waals surface area contributed by atoms with Crippen molar-refractivity contribution in [3.05, 3.63) is 53.9 Å². The maximum Gasteiger partial charge on any atom is 0.342 e. The Morgan fingerprint density at radius 1 is 1.12 bits per heavy atom. The van der Waals surface area contributed by atoms with Gasteiger partial charge >= 0.3 is 5.97 Å². The molecular formula is C18H21N3O3. The quantitative estimate of drug-likeness (QED) is 0.809. The van der Waals surface area contributed by atoms with Crippen LogP contribution < -0.4 is 0 Å². The lowest BCUT2D eigenvalue weighted by Crippen LogP contribution is -2.40. The molecule has 1 unspecified atom stereocenters. The molecule has 1 aliphatic heterocycles. The third-order valence-corrected chi connectivity index (χ3v) is 4.16. The molecule has 1 aromatic heterocycles. The van der Waals surface area contributed by atoms with Crippen LogP contribution in [0.1, 0.15) is 41.3 Å². The molecule has 126 valence electrons. The topological polar surface area (TPSA) is 64.4 Å². The van der Waals surface area contributed by atoms with Gasteiger partial charge in [0.25, 0.3) is 5.91 Å². The normalized spacial score (nSPS) is 15.8. The molecule has 3 rings (SSSR count). The van der Waals surface area contributed by atoms with E-state index in [1.807, 2.05) is 30.3 Å². The number of carbonyl (C=O) groups is 2. The molecule has 0 aliphatic carbocycles. The zero-order valence-electron chi connectivity index (χ0n) is 13.7. The largest absolute Gasteiger partial charge is 0.444 e. The maximum absolute atomic E-state index is 12.9. The molecule has 1 amide bonds. The van der Waals surface area contributed by atoms with E-state index in [0.717, 1.165) is 19.3 Å². The van der Waals surface area contributed by atoms with Gasteiger partial charge in [0.2, 0.25) is 6.10 Å². The summed E-state index contributed by atoms with van der Waals surface area (Å²) in [6, 6.07) is 9.16. The Hall–Kier alpha value is -2.63. The molecule has 2 aromatic rings. The van der Waals surface area contributed by atoms with Crippen LogP contribution in [0.2, 0.25) is 0 Å². The number of nitrogens with zero attached hydrogens (tertiary/aromatic N) is 3. The summed E-state index contributed by atoms with van der Waals surface area (Å²) in [7, 11) is 1.73. The Balaban J connectivity index is 1.82. The SMILES string of the molecule is Cn1cc(C(=O)OC(C(=O)N2CCCCC2)c2ccccc2)cn1. The number of hydrogen-bond donors (Lipinski definition) is 0. The Morgan fingerprint density at radius 2 is 1.83 bits per heavy atom. The van der Waals surface area contributed by atoms with Crippen molar-refractivity contribution in [1.29, 1.82) is 0 Å². The van der Waals surface area contributed by atoms with E-state index < -0.39 is 12.1 Å². The van der Waals surface area contributed by atoms with Gasteiger partial charge < -0.3 is 9.64 Å². The average molecular weight is 327 g/mol. The highest BCUT2D eigenvalue weighted by Gasteiger charge is 2.30. The number of benzene rings is 1. The number of piperidine rings is 1. The third-order valence-electron chi connectivity index (χ3n) is 4.16. The Morgan fingerprint density at radius 3 is 2.46 bits per heavy atom. The van der Waals surface area contributed by atoms with Crippen LogP contribution in [0, 0.1) is 0 Å². The second kappa shape index (κ2) is 7.29. The monoisotopic (exact) mass is 327 g/mol. The first-order valence-corrected chi connectivity index (χ1v) is 8.18. The van der Waals surface area contributed by atoms with Gasteiger partial charge in [-0.15, -0.1) is 0 Å². The minimum absolute atomic E-state index is 0.154. The lowest BCUT2D eigenvalue weighted by molar-refractivity contribution is -0.142. The molecule has 1 fully saturated rings. The van der Waals surface area contributed by atoms with E-state index in [1.165, 1.54) is 10.9 Å². The molecule has 1 saturated heterocycles. The van der Waals surface area contributed by atoms with E-state index in [0.29, 0.717) is 24.2 Å². The van der Waals surface area contributed by atoms with Gasteiger partial charge in [-0.05, 0) is 19.3 Å². The fraction of sp³-hybridized carbons (Fsp3) is 0.389. The second-order valence-corrected chi connectivity index (χ2v) is 5.98. The smallest absolute Gasteiger partial charge is 0.342 e. The first kappa shape index (κ1) is 16.2. The Kier molecular flexibility index (Phi) is 4.93. The highest BCUT2D eigenvalue weighted by atomic mass is 16.5. The summed E-state index contributed by atoms with van der Waals surface area (Å²) in [6.07, 6.45) is 5.21. The predicted octanol–water partition coefficient (Wildman–Crippen LogP) is 2.33. The Bertz CT molecular complexity index is 705. The summed E-state index contributed by atoms with van der Waals surface area (Å²) in [5, 5.41) is 3.97. The highest BCUT2D eigenvalue weighted by molar-refractivity contribution is 5.92. The van der Waals surface area contributed by atoms with Crippen molar-refractivity contribution in [3.63, 3.8) is 0 Å². The summed E-state index contributed by atoms with van der Waals surface area (Å²) in [4.78, 5) is 27.1. The molecule has 6 nitrogen and oxygen atoms in total. The first-order valence-electron chi connectivity index (χ1n) is 8.18. The predicted molar refractivity (Wildman–Crippen MR) is 88.2 cm³/mol. The van der Waals surface area contributed by atoms with Gasteiger partial charge in [-0.3, -0.25) is 9.48 Å². The molecule has 1 aliphatic rings.